The molecule has 5 heteroatoms. The van der Waals surface area contributed by atoms with Crippen molar-refractivity contribution in [3.63, 3.8) is 0 Å². The molecule has 1 unspecified atom stereocenters. The second-order valence-electron chi connectivity index (χ2n) is 10.2. The number of amides is 1. The fraction of sp³-hybridized carbons (Fsp3) is 0.708. The maximum atomic E-state index is 13.0. The number of benzene rings is 1. The quantitative estimate of drug-likeness (QED) is 0.678. The zero-order valence-electron chi connectivity index (χ0n) is 18.8. The number of nitrogens with zero attached hydrogens (tertiary/aromatic N) is 2. The molecule has 162 valence electrons. The van der Waals surface area contributed by atoms with Crippen molar-refractivity contribution in [1.29, 1.82) is 0 Å². The van der Waals surface area contributed by atoms with Gasteiger partial charge in [0.15, 0.2) is 0 Å². The fourth-order valence-corrected chi connectivity index (χ4v) is 6.37. The Hall–Kier alpha value is -1.20. The van der Waals surface area contributed by atoms with E-state index in [1.165, 1.54) is 5.56 Å². The van der Waals surface area contributed by atoms with E-state index in [0.717, 1.165) is 37.9 Å². The maximum absolute atomic E-state index is 13.0. The molecule has 1 aromatic carbocycles. The molecule has 2 aliphatic rings. The SMILES string of the molecule is CN(C)CC(=O)N1[C@@H]2CC[C@H]1CC([C@H](Cc1ccccc1)C[S@@](=O)C(C)(C)C)C2. The second-order valence-corrected chi connectivity index (χ2v) is 12.5. The highest BCUT2D eigenvalue weighted by Gasteiger charge is 2.45. The van der Waals surface area contributed by atoms with Crippen molar-refractivity contribution in [1.82, 2.24) is 9.80 Å². The van der Waals surface area contributed by atoms with E-state index in [0.29, 0.717) is 30.5 Å². The summed E-state index contributed by atoms with van der Waals surface area (Å²) in [7, 11) is 3.07. The number of hydrogen-bond donors (Lipinski definition) is 0. The number of rotatable bonds is 7. The molecule has 2 bridgehead atoms. The van der Waals surface area contributed by atoms with Crippen molar-refractivity contribution in [2.45, 2.75) is 69.7 Å². The highest BCUT2D eigenvalue weighted by atomic mass is 32.2. The summed E-state index contributed by atoms with van der Waals surface area (Å²) in [6.45, 7) is 6.73. The van der Waals surface area contributed by atoms with Crippen LogP contribution in [0.1, 0.15) is 52.0 Å². The zero-order valence-corrected chi connectivity index (χ0v) is 19.6. The first-order chi connectivity index (χ1) is 13.6. The minimum Gasteiger partial charge on any atom is -0.336 e. The number of hydrogen-bond acceptors (Lipinski definition) is 3. The number of fused-ring (bicyclic) bond motifs is 2. The Morgan fingerprint density at radius 1 is 1.14 bits per heavy atom. The maximum Gasteiger partial charge on any atom is 0.237 e. The summed E-state index contributed by atoms with van der Waals surface area (Å²) in [5, 5.41) is 0. The van der Waals surface area contributed by atoms with Gasteiger partial charge in [0.05, 0.1) is 6.54 Å². The lowest BCUT2D eigenvalue weighted by Gasteiger charge is -2.42. The van der Waals surface area contributed by atoms with Gasteiger partial charge in [0.25, 0.3) is 0 Å². The predicted molar refractivity (Wildman–Crippen MR) is 121 cm³/mol. The monoisotopic (exact) mass is 418 g/mol. The van der Waals surface area contributed by atoms with E-state index >= 15 is 0 Å². The molecule has 3 rings (SSSR count). The van der Waals surface area contributed by atoms with Crippen molar-refractivity contribution >= 4 is 16.7 Å². The lowest BCUT2D eigenvalue weighted by Crippen LogP contribution is -2.51. The van der Waals surface area contributed by atoms with Crippen LogP contribution in [0.25, 0.3) is 0 Å². The third kappa shape index (κ3) is 5.69. The van der Waals surface area contributed by atoms with E-state index in [4.69, 9.17) is 0 Å². The third-order valence-corrected chi connectivity index (χ3v) is 8.66. The molecule has 2 fully saturated rings. The van der Waals surface area contributed by atoms with Gasteiger partial charge in [0.1, 0.15) is 0 Å². The largest absolute Gasteiger partial charge is 0.336 e. The van der Waals surface area contributed by atoms with E-state index in [1.54, 1.807) is 0 Å². The van der Waals surface area contributed by atoms with Crippen LogP contribution in [0.4, 0.5) is 0 Å². The van der Waals surface area contributed by atoms with E-state index in [2.05, 4.69) is 56.0 Å². The van der Waals surface area contributed by atoms with Crippen LogP contribution in [-0.4, -0.2) is 63.1 Å². The van der Waals surface area contributed by atoms with E-state index in [-0.39, 0.29) is 10.7 Å². The molecule has 2 heterocycles. The number of piperidine rings is 1. The Labute approximate surface area is 179 Å². The summed E-state index contributed by atoms with van der Waals surface area (Å²) < 4.78 is 12.8. The van der Waals surface area contributed by atoms with E-state index in [9.17, 15) is 9.00 Å². The summed E-state index contributed by atoms with van der Waals surface area (Å²) in [6, 6.07) is 11.4. The normalized spacial score (nSPS) is 26.6. The molecule has 4 nitrogen and oxygen atoms in total. The molecule has 5 atom stereocenters. The third-order valence-electron chi connectivity index (χ3n) is 6.56. The van der Waals surface area contributed by atoms with Crippen LogP contribution in [0.3, 0.4) is 0 Å². The average Bonchev–Trinajstić information content (AvgIpc) is 2.90. The Kier molecular flexibility index (Phi) is 7.21. The lowest BCUT2D eigenvalue weighted by atomic mass is 9.79. The Morgan fingerprint density at radius 3 is 2.24 bits per heavy atom. The van der Waals surface area contributed by atoms with Crippen LogP contribution in [0, 0.1) is 11.8 Å². The first-order valence-corrected chi connectivity index (χ1v) is 12.4. The van der Waals surface area contributed by atoms with E-state index in [1.807, 2.05) is 19.0 Å². The highest BCUT2D eigenvalue weighted by Crippen LogP contribution is 2.43. The molecule has 2 saturated heterocycles. The molecule has 2 aliphatic heterocycles. The lowest BCUT2D eigenvalue weighted by molar-refractivity contribution is -0.137. The van der Waals surface area contributed by atoms with Gasteiger partial charge in [0.2, 0.25) is 5.91 Å². The summed E-state index contributed by atoms with van der Waals surface area (Å²) in [5.41, 5.74) is 1.34. The van der Waals surface area contributed by atoms with Gasteiger partial charge in [-0.1, -0.05) is 30.3 Å². The molecule has 1 amide bonds. The molecular weight excluding hydrogens is 380 g/mol. The number of likely N-dealkylation sites (N-methyl/N-ethyl adjacent to an activating group) is 1. The standard InChI is InChI=1S/C24H38N2O2S/c1-24(2,3)29(28)17-20(13-18-9-7-6-8-10-18)19-14-21-11-12-22(15-19)26(21)23(27)16-25(4)5/h6-10,19-22H,11-17H2,1-5H3/t19?,20-,21-,22+,29-/m1/s1. The van der Waals surface area contributed by atoms with Crippen LogP contribution in [-0.2, 0) is 22.0 Å². The minimum absolute atomic E-state index is 0.184. The summed E-state index contributed by atoms with van der Waals surface area (Å²) in [6.07, 6.45) is 5.36. The van der Waals surface area contributed by atoms with Gasteiger partial charge in [-0.25, -0.2) is 0 Å². The minimum atomic E-state index is -0.857. The predicted octanol–water partition coefficient (Wildman–Crippen LogP) is 3.72. The van der Waals surface area contributed by atoms with Crippen LogP contribution in [0.15, 0.2) is 30.3 Å². The molecule has 29 heavy (non-hydrogen) atoms. The van der Waals surface area contributed by atoms with Crippen molar-refractivity contribution in [2.75, 3.05) is 26.4 Å². The highest BCUT2D eigenvalue weighted by molar-refractivity contribution is 7.86. The van der Waals surface area contributed by atoms with Crippen LogP contribution < -0.4 is 0 Å². The zero-order chi connectivity index (χ0) is 21.2. The average molecular weight is 419 g/mol. The number of carbonyl (C=O) groups excluding carboxylic acids is 1. The van der Waals surface area contributed by atoms with Crippen LogP contribution in [0.2, 0.25) is 0 Å². The van der Waals surface area contributed by atoms with Crippen LogP contribution >= 0.6 is 0 Å². The van der Waals surface area contributed by atoms with Crippen molar-refractivity contribution in [2.24, 2.45) is 11.8 Å². The second kappa shape index (κ2) is 9.30. The van der Waals surface area contributed by atoms with Gasteiger partial charge in [-0.2, -0.15) is 0 Å². The molecule has 0 saturated carbocycles. The Balaban J connectivity index is 1.75. The first-order valence-electron chi connectivity index (χ1n) is 11.0. The Bertz CT molecular complexity index is 699. The summed E-state index contributed by atoms with van der Waals surface area (Å²) >= 11 is 0. The molecular formula is C24H38N2O2S. The Morgan fingerprint density at radius 2 is 1.72 bits per heavy atom. The van der Waals surface area contributed by atoms with Crippen molar-refractivity contribution < 1.29 is 9.00 Å². The summed E-state index contributed by atoms with van der Waals surface area (Å²) in [4.78, 5) is 16.9. The van der Waals surface area contributed by atoms with Crippen LogP contribution in [0.5, 0.6) is 0 Å². The van der Waals surface area contributed by atoms with Crippen molar-refractivity contribution in [3.05, 3.63) is 35.9 Å². The summed E-state index contributed by atoms with van der Waals surface area (Å²) in [5.74, 6) is 1.99. The smallest absolute Gasteiger partial charge is 0.237 e. The number of carbonyl (C=O) groups is 1. The molecule has 1 aromatic rings. The van der Waals surface area contributed by atoms with Gasteiger partial charge < -0.3 is 9.80 Å². The first kappa shape index (κ1) is 22.5. The molecule has 0 aromatic heterocycles. The van der Waals surface area contributed by atoms with Gasteiger partial charge in [-0.3, -0.25) is 9.00 Å². The van der Waals surface area contributed by atoms with Crippen molar-refractivity contribution in [3.8, 4) is 0 Å². The molecule has 0 spiro atoms. The van der Waals surface area contributed by atoms with Gasteiger partial charge in [-0.05, 0) is 84.4 Å². The topological polar surface area (TPSA) is 40.6 Å². The molecule has 0 aliphatic carbocycles. The van der Waals surface area contributed by atoms with E-state index < -0.39 is 10.8 Å². The van der Waals surface area contributed by atoms with Gasteiger partial charge in [-0.15, -0.1) is 0 Å². The van der Waals surface area contributed by atoms with Gasteiger partial charge in [0, 0.05) is 33.4 Å². The fourth-order valence-electron chi connectivity index (χ4n) is 5.09. The van der Waals surface area contributed by atoms with Gasteiger partial charge >= 0.3 is 0 Å². The molecule has 0 N–H and O–H groups in total. The molecule has 0 radical (unpaired) electrons.